The van der Waals surface area contributed by atoms with Crippen LogP contribution in [0.15, 0.2) is 18.3 Å². The number of hydrogen-bond acceptors (Lipinski definition) is 3. The summed E-state index contributed by atoms with van der Waals surface area (Å²) in [6.45, 7) is 8.93. The van der Waals surface area contributed by atoms with E-state index >= 15 is 0 Å². The lowest BCUT2D eigenvalue weighted by molar-refractivity contribution is -0.142. The van der Waals surface area contributed by atoms with Crippen LogP contribution in [0, 0.1) is 0 Å². The molecule has 110 valence electrons. The van der Waals surface area contributed by atoms with Crippen LogP contribution >= 0.6 is 0 Å². The van der Waals surface area contributed by atoms with Crippen molar-refractivity contribution in [3.63, 3.8) is 0 Å². The highest BCUT2D eigenvalue weighted by Crippen LogP contribution is 2.19. The third-order valence-electron chi connectivity index (χ3n) is 3.57. The Morgan fingerprint density at radius 1 is 1.35 bits per heavy atom. The first kappa shape index (κ1) is 15.0. The van der Waals surface area contributed by atoms with Gasteiger partial charge >= 0.3 is 0 Å². The molecule has 1 aromatic heterocycles. The molecule has 0 aliphatic carbocycles. The Hall–Kier alpha value is -1.42. The van der Waals surface area contributed by atoms with Gasteiger partial charge in [-0.3, -0.25) is 9.78 Å². The molecule has 4 heteroatoms. The zero-order chi connectivity index (χ0) is 14.6. The second-order valence-electron chi connectivity index (χ2n) is 6.34. The smallest absolute Gasteiger partial charge is 0.248 e. The topological polar surface area (TPSA) is 42.4 Å². The van der Waals surface area contributed by atoms with Gasteiger partial charge in [-0.05, 0) is 24.5 Å². The van der Waals surface area contributed by atoms with Crippen molar-refractivity contribution in [2.75, 3.05) is 26.3 Å². The minimum absolute atomic E-state index is 0.0960. The molecule has 1 aliphatic heterocycles. The van der Waals surface area contributed by atoms with Crippen molar-refractivity contribution in [1.82, 2.24) is 9.88 Å². The molecule has 0 radical (unpaired) electrons. The molecule has 0 spiro atoms. The van der Waals surface area contributed by atoms with Gasteiger partial charge in [-0.25, -0.2) is 0 Å². The van der Waals surface area contributed by atoms with E-state index in [9.17, 15) is 4.79 Å². The first-order valence-electron chi connectivity index (χ1n) is 7.28. The van der Waals surface area contributed by atoms with Crippen molar-refractivity contribution in [1.29, 1.82) is 0 Å². The molecule has 1 amide bonds. The number of aromatic nitrogens is 1. The summed E-state index contributed by atoms with van der Waals surface area (Å²) in [6.07, 6.45) is 3.89. The molecule has 1 fully saturated rings. The SMILES string of the molecule is CC(C)(C)c1ccc(CCCN2CCOCC2=O)cn1. The zero-order valence-corrected chi connectivity index (χ0v) is 12.7. The van der Waals surface area contributed by atoms with E-state index in [0.717, 1.165) is 31.6 Å². The fourth-order valence-electron chi connectivity index (χ4n) is 2.28. The minimum atomic E-state index is 0.0960. The summed E-state index contributed by atoms with van der Waals surface area (Å²) in [5.41, 5.74) is 2.45. The van der Waals surface area contributed by atoms with Gasteiger partial charge in [0.15, 0.2) is 0 Å². The number of aryl methyl sites for hydroxylation is 1. The van der Waals surface area contributed by atoms with Crippen molar-refractivity contribution in [2.45, 2.75) is 39.0 Å². The molecule has 0 bridgehead atoms. The molecule has 0 aromatic carbocycles. The molecule has 1 aliphatic rings. The summed E-state index contributed by atoms with van der Waals surface area (Å²) in [4.78, 5) is 18.0. The van der Waals surface area contributed by atoms with Crippen LogP contribution < -0.4 is 0 Å². The van der Waals surface area contributed by atoms with Gasteiger partial charge in [0.1, 0.15) is 6.61 Å². The number of amides is 1. The molecule has 0 saturated carbocycles. The minimum Gasteiger partial charge on any atom is -0.370 e. The Morgan fingerprint density at radius 3 is 2.75 bits per heavy atom. The van der Waals surface area contributed by atoms with E-state index in [1.807, 2.05) is 11.1 Å². The number of carbonyl (C=O) groups is 1. The summed E-state index contributed by atoms with van der Waals surface area (Å²) >= 11 is 0. The maximum atomic E-state index is 11.6. The van der Waals surface area contributed by atoms with Crippen LogP contribution in [-0.2, 0) is 21.4 Å². The van der Waals surface area contributed by atoms with E-state index in [-0.39, 0.29) is 17.9 Å². The fourth-order valence-corrected chi connectivity index (χ4v) is 2.28. The first-order chi connectivity index (χ1) is 9.47. The summed E-state index contributed by atoms with van der Waals surface area (Å²) < 4.78 is 5.12. The number of ether oxygens (including phenoxy) is 1. The second kappa shape index (κ2) is 6.35. The Bertz CT molecular complexity index is 449. The molecule has 1 saturated heterocycles. The van der Waals surface area contributed by atoms with Gasteiger partial charge in [-0.1, -0.05) is 26.8 Å². The van der Waals surface area contributed by atoms with Crippen molar-refractivity contribution in [2.24, 2.45) is 0 Å². The van der Waals surface area contributed by atoms with E-state index in [4.69, 9.17) is 4.74 Å². The lowest BCUT2D eigenvalue weighted by atomic mass is 9.91. The average Bonchev–Trinajstić information content (AvgIpc) is 2.40. The van der Waals surface area contributed by atoms with E-state index in [1.54, 1.807) is 0 Å². The van der Waals surface area contributed by atoms with Gasteiger partial charge < -0.3 is 9.64 Å². The van der Waals surface area contributed by atoms with Crippen molar-refractivity contribution < 1.29 is 9.53 Å². The lowest BCUT2D eigenvalue weighted by Crippen LogP contribution is -2.42. The zero-order valence-electron chi connectivity index (χ0n) is 12.7. The van der Waals surface area contributed by atoms with E-state index in [0.29, 0.717) is 6.61 Å². The molecule has 0 unspecified atom stereocenters. The van der Waals surface area contributed by atoms with Crippen molar-refractivity contribution in [3.05, 3.63) is 29.6 Å². The maximum absolute atomic E-state index is 11.6. The third-order valence-corrected chi connectivity index (χ3v) is 3.57. The maximum Gasteiger partial charge on any atom is 0.248 e. The van der Waals surface area contributed by atoms with Crippen LogP contribution in [0.2, 0.25) is 0 Å². The van der Waals surface area contributed by atoms with Crippen LogP contribution in [0.5, 0.6) is 0 Å². The normalized spacial score (nSPS) is 16.6. The van der Waals surface area contributed by atoms with E-state index in [2.05, 4.69) is 37.9 Å². The van der Waals surface area contributed by atoms with Gasteiger partial charge in [0.2, 0.25) is 5.91 Å². The number of nitrogens with zero attached hydrogens (tertiary/aromatic N) is 2. The molecule has 0 N–H and O–H groups in total. The highest BCUT2D eigenvalue weighted by atomic mass is 16.5. The largest absolute Gasteiger partial charge is 0.370 e. The summed E-state index contributed by atoms with van der Waals surface area (Å²) in [6, 6.07) is 4.25. The predicted octanol–water partition coefficient (Wildman–Crippen LogP) is 2.17. The molecule has 2 rings (SSSR count). The fraction of sp³-hybridized carbons (Fsp3) is 0.625. The van der Waals surface area contributed by atoms with Crippen LogP contribution in [0.3, 0.4) is 0 Å². The van der Waals surface area contributed by atoms with Crippen LogP contribution in [0.1, 0.15) is 38.4 Å². The van der Waals surface area contributed by atoms with Gasteiger partial charge in [0.25, 0.3) is 0 Å². The second-order valence-corrected chi connectivity index (χ2v) is 6.34. The van der Waals surface area contributed by atoms with Crippen LogP contribution in [0.4, 0.5) is 0 Å². The van der Waals surface area contributed by atoms with Gasteiger partial charge in [-0.2, -0.15) is 0 Å². The highest BCUT2D eigenvalue weighted by molar-refractivity contribution is 5.77. The van der Waals surface area contributed by atoms with Gasteiger partial charge in [0.05, 0.1) is 6.61 Å². The molecule has 2 heterocycles. The molecule has 4 nitrogen and oxygen atoms in total. The third kappa shape index (κ3) is 4.04. The number of rotatable bonds is 4. The number of hydrogen-bond donors (Lipinski definition) is 0. The van der Waals surface area contributed by atoms with E-state index < -0.39 is 0 Å². The summed E-state index contributed by atoms with van der Waals surface area (Å²) in [7, 11) is 0. The standard InChI is InChI=1S/C16H24N2O2/c1-16(2,3)14-7-6-13(11-17-14)5-4-8-18-9-10-20-12-15(18)19/h6-7,11H,4-5,8-10,12H2,1-3H3. The molecule has 20 heavy (non-hydrogen) atoms. The van der Waals surface area contributed by atoms with Crippen LogP contribution in [0.25, 0.3) is 0 Å². The van der Waals surface area contributed by atoms with Crippen LogP contribution in [-0.4, -0.2) is 42.1 Å². The lowest BCUT2D eigenvalue weighted by Gasteiger charge is -2.26. The Kier molecular flexibility index (Phi) is 4.76. The number of carbonyl (C=O) groups excluding carboxylic acids is 1. The average molecular weight is 276 g/mol. The number of morpholine rings is 1. The molecular formula is C16H24N2O2. The van der Waals surface area contributed by atoms with Crippen molar-refractivity contribution >= 4 is 5.91 Å². The van der Waals surface area contributed by atoms with Gasteiger partial charge in [0, 0.05) is 30.4 Å². The summed E-state index contributed by atoms with van der Waals surface area (Å²) in [5.74, 6) is 0.109. The predicted molar refractivity (Wildman–Crippen MR) is 78.7 cm³/mol. The first-order valence-corrected chi connectivity index (χ1v) is 7.28. The van der Waals surface area contributed by atoms with Crippen molar-refractivity contribution in [3.8, 4) is 0 Å². The molecular weight excluding hydrogens is 252 g/mol. The molecule has 1 aromatic rings. The Morgan fingerprint density at radius 2 is 2.15 bits per heavy atom. The van der Waals surface area contributed by atoms with Gasteiger partial charge in [-0.15, -0.1) is 0 Å². The summed E-state index contributed by atoms with van der Waals surface area (Å²) in [5, 5.41) is 0. The number of pyridine rings is 1. The highest BCUT2D eigenvalue weighted by Gasteiger charge is 2.18. The quantitative estimate of drug-likeness (QED) is 0.846. The monoisotopic (exact) mass is 276 g/mol. The Labute approximate surface area is 121 Å². The van der Waals surface area contributed by atoms with E-state index in [1.165, 1.54) is 5.56 Å². The Balaban J connectivity index is 1.81. The molecule has 0 atom stereocenters.